The highest BCUT2D eigenvalue weighted by molar-refractivity contribution is 5.76. The predicted molar refractivity (Wildman–Crippen MR) is 58.6 cm³/mol. The molecule has 2 heterocycles. The summed E-state index contributed by atoms with van der Waals surface area (Å²) < 4.78 is 6.73. The van der Waals surface area contributed by atoms with Crippen LogP contribution in [0.3, 0.4) is 0 Å². The summed E-state index contributed by atoms with van der Waals surface area (Å²) in [7, 11) is 0. The van der Waals surface area contributed by atoms with Crippen molar-refractivity contribution in [3.63, 3.8) is 0 Å². The lowest BCUT2D eigenvalue weighted by Gasteiger charge is -2.32. The molecule has 1 aliphatic rings. The lowest BCUT2D eigenvalue weighted by molar-refractivity contribution is -0.148. The Kier molecular flexibility index (Phi) is 3.88. The molecule has 1 atom stereocenters. The van der Waals surface area contributed by atoms with Gasteiger partial charge in [-0.3, -0.25) is 9.59 Å². The zero-order valence-corrected chi connectivity index (χ0v) is 9.73. The van der Waals surface area contributed by atoms with Crippen molar-refractivity contribution in [1.29, 1.82) is 0 Å². The molecule has 0 bridgehead atoms. The van der Waals surface area contributed by atoms with E-state index in [1.165, 1.54) is 10.9 Å². The normalized spacial score (nSPS) is 19.8. The van der Waals surface area contributed by atoms with E-state index in [9.17, 15) is 9.59 Å². The quantitative estimate of drug-likeness (QED) is 0.738. The number of amides is 1. The van der Waals surface area contributed by atoms with Gasteiger partial charge in [-0.2, -0.15) is 0 Å². The zero-order valence-electron chi connectivity index (χ0n) is 9.73. The van der Waals surface area contributed by atoms with Gasteiger partial charge in [-0.25, -0.2) is 4.68 Å². The van der Waals surface area contributed by atoms with Gasteiger partial charge in [-0.1, -0.05) is 5.21 Å². The van der Waals surface area contributed by atoms with E-state index < -0.39 is 12.1 Å². The van der Waals surface area contributed by atoms with E-state index in [1.54, 1.807) is 11.1 Å². The third-order valence-electron chi connectivity index (χ3n) is 2.66. The topological polar surface area (TPSA) is 97.6 Å². The minimum Gasteiger partial charge on any atom is -0.481 e. The molecule has 98 valence electrons. The second-order valence-electron chi connectivity index (χ2n) is 4.03. The summed E-state index contributed by atoms with van der Waals surface area (Å²) in [5, 5.41) is 16.0. The van der Waals surface area contributed by atoms with Crippen LogP contribution in [0.15, 0.2) is 12.4 Å². The van der Waals surface area contributed by atoms with E-state index in [0.717, 1.165) is 0 Å². The maximum absolute atomic E-state index is 11.9. The summed E-state index contributed by atoms with van der Waals surface area (Å²) >= 11 is 0. The summed E-state index contributed by atoms with van der Waals surface area (Å²) in [5.41, 5.74) is 0. The Morgan fingerprint density at radius 3 is 3.00 bits per heavy atom. The van der Waals surface area contributed by atoms with Gasteiger partial charge in [0.15, 0.2) is 0 Å². The number of carbonyl (C=O) groups is 2. The average Bonchev–Trinajstić information content (AvgIpc) is 2.81. The lowest BCUT2D eigenvalue weighted by atomic mass is 10.2. The van der Waals surface area contributed by atoms with Gasteiger partial charge in [-0.05, 0) is 0 Å². The van der Waals surface area contributed by atoms with E-state index in [2.05, 4.69) is 10.3 Å². The number of nitrogens with zero attached hydrogens (tertiary/aromatic N) is 4. The van der Waals surface area contributed by atoms with Crippen molar-refractivity contribution >= 4 is 11.9 Å². The Morgan fingerprint density at radius 2 is 2.33 bits per heavy atom. The van der Waals surface area contributed by atoms with Gasteiger partial charge in [0.05, 0.1) is 25.3 Å². The third-order valence-corrected chi connectivity index (χ3v) is 2.66. The molecule has 8 nitrogen and oxygen atoms in total. The standard InChI is InChI=1S/C10H14N4O4/c15-9(7-14-2-1-11-12-14)13-3-4-18-8(6-13)5-10(16)17/h1-2,8H,3-7H2,(H,16,17). The molecule has 0 radical (unpaired) electrons. The van der Waals surface area contributed by atoms with Crippen molar-refractivity contribution in [3.05, 3.63) is 12.4 Å². The monoisotopic (exact) mass is 254 g/mol. The third kappa shape index (κ3) is 3.27. The fourth-order valence-electron chi connectivity index (χ4n) is 1.82. The number of hydrogen-bond donors (Lipinski definition) is 1. The lowest BCUT2D eigenvalue weighted by Crippen LogP contribution is -2.47. The molecule has 1 amide bonds. The predicted octanol–water partition coefficient (Wildman–Crippen LogP) is -1.02. The summed E-state index contributed by atoms with van der Waals surface area (Å²) in [6.07, 6.45) is 2.58. The fourth-order valence-corrected chi connectivity index (χ4v) is 1.82. The minimum absolute atomic E-state index is 0.0902. The summed E-state index contributed by atoms with van der Waals surface area (Å²) in [6.45, 7) is 1.25. The van der Waals surface area contributed by atoms with Crippen molar-refractivity contribution < 1.29 is 19.4 Å². The molecule has 0 spiro atoms. The molecular formula is C10H14N4O4. The molecular weight excluding hydrogens is 240 g/mol. The van der Waals surface area contributed by atoms with Crippen molar-refractivity contribution in [3.8, 4) is 0 Å². The molecule has 8 heteroatoms. The van der Waals surface area contributed by atoms with E-state index in [1.807, 2.05) is 0 Å². The molecule has 1 aromatic rings. The first-order chi connectivity index (χ1) is 8.65. The highest BCUT2D eigenvalue weighted by Crippen LogP contribution is 2.09. The van der Waals surface area contributed by atoms with Crippen molar-refractivity contribution in [2.75, 3.05) is 19.7 Å². The molecule has 0 saturated carbocycles. The Balaban J connectivity index is 1.88. The molecule has 1 N–H and O–H groups in total. The Hall–Kier alpha value is -1.96. The first-order valence-corrected chi connectivity index (χ1v) is 5.60. The van der Waals surface area contributed by atoms with E-state index in [4.69, 9.17) is 9.84 Å². The molecule has 1 fully saturated rings. The van der Waals surface area contributed by atoms with Gasteiger partial charge in [0.2, 0.25) is 5.91 Å². The number of ether oxygens (including phenoxy) is 1. The number of carbonyl (C=O) groups excluding carboxylic acids is 1. The van der Waals surface area contributed by atoms with Crippen LogP contribution in [0.25, 0.3) is 0 Å². The van der Waals surface area contributed by atoms with E-state index in [0.29, 0.717) is 19.7 Å². The first kappa shape index (κ1) is 12.5. The Morgan fingerprint density at radius 1 is 1.50 bits per heavy atom. The zero-order chi connectivity index (χ0) is 13.0. The summed E-state index contributed by atoms with van der Waals surface area (Å²) in [5.74, 6) is -1.04. The molecule has 18 heavy (non-hydrogen) atoms. The molecule has 1 aliphatic heterocycles. The molecule has 1 aromatic heterocycles. The first-order valence-electron chi connectivity index (χ1n) is 5.60. The fraction of sp³-hybridized carbons (Fsp3) is 0.600. The van der Waals surface area contributed by atoms with Crippen LogP contribution >= 0.6 is 0 Å². The van der Waals surface area contributed by atoms with Gasteiger partial charge >= 0.3 is 5.97 Å². The second-order valence-corrected chi connectivity index (χ2v) is 4.03. The maximum Gasteiger partial charge on any atom is 0.306 e. The number of carboxylic acid groups (broad SMARTS) is 1. The van der Waals surface area contributed by atoms with Crippen LogP contribution in [0.4, 0.5) is 0 Å². The number of aromatic nitrogens is 3. The van der Waals surface area contributed by atoms with Gasteiger partial charge in [-0.15, -0.1) is 5.10 Å². The summed E-state index contributed by atoms with van der Waals surface area (Å²) in [6, 6.07) is 0. The molecule has 1 saturated heterocycles. The number of aliphatic carboxylic acids is 1. The molecule has 0 aromatic carbocycles. The number of rotatable bonds is 4. The van der Waals surface area contributed by atoms with Crippen LogP contribution in [0.2, 0.25) is 0 Å². The van der Waals surface area contributed by atoms with Crippen molar-refractivity contribution in [2.24, 2.45) is 0 Å². The van der Waals surface area contributed by atoms with Gasteiger partial charge in [0.1, 0.15) is 6.54 Å². The Bertz CT molecular complexity index is 420. The smallest absolute Gasteiger partial charge is 0.306 e. The van der Waals surface area contributed by atoms with Crippen molar-refractivity contribution in [1.82, 2.24) is 19.9 Å². The number of morpholine rings is 1. The van der Waals surface area contributed by atoms with Crippen LogP contribution < -0.4 is 0 Å². The second kappa shape index (κ2) is 5.58. The number of hydrogen-bond acceptors (Lipinski definition) is 5. The van der Waals surface area contributed by atoms with E-state index >= 15 is 0 Å². The van der Waals surface area contributed by atoms with Crippen LogP contribution in [0, 0.1) is 0 Å². The largest absolute Gasteiger partial charge is 0.481 e. The van der Waals surface area contributed by atoms with Crippen LogP contribution in [-0.4, -0.2) is 62.7 Å². The average molecular weight is 254 g/mol. The Labute approximate surface area is 103 Å². The van der Waals surface area contributed by atoms with Gasteiger partial charge in [0, 0.05) is 19.3 Å². The van der Waals surface area contributed by atoms with E-state index in [-0.39, 0.29) is 18.9 Å². The van der Waals surface area contributed by atoms with Gasteiger partial charge < -0.3 is 14.7 Å². The molecule has 2 rings (SSSR count). The number of carboxylic acids is 1. The minimum atomic E-state index is -0.925. The molecule has 1 unspecified atom stereocenters. The SMILES string of the molecule is O=C(O)CC1CN(C(=O)Cn2ccnn2)CCO1. The van der Waals surface area contributed by atoms with Crippen LogP contribution in [-0.2, 0) is 20.9 Å². The van der Waals surface area contributed by atoms with Crippen LogP contribution in [0.5, 0.6) is 0 Å². The molecule has 0 aliphatic carbocycles. The van der Waals surface area contributed by atoms with Crippen molar-refractivity contribution in [2.45, 2.75) is 19.1 Å². The maximum atomic E-state index is 11.9. The highest BCUT2D eigenvalue weighted by atomic mass is 16.5. The highest BCUT2D eigenvalue weighted by Gasteiger charge is 2.25. The summed E-state index contributed by atoms with van der Waals surface area (Å²) in [4.78, 5) is 24.1. The van der Waals surface area contributed by atoms with Crippen LogP contribution in [0.1, 0.15) is 6.42 Å². The van der Waals surface area contributed by atoms with Gasteiger partial charge in [0.25, 0.3) is 0 Å².